The molecule has 0 spiro atoms. The van der Waals surface area contributed by atoms with Crippen LogP contribution in [0.2, 0.25) is 0 Å². The molecule has 1 aromatic carbocycles. The lowest BCUT2D eigenvalue weighted by atomic mass is 10.1. The van der Waals surface area contributed by atoms with Crippen LogP contribution < -0.4 is 5.32 Å². The van der Waals surface area contributed by atoms with E-state index in [0.29, 0.717) is 10.7 Å². The second kappa shape index (κ2) is 5.72. The molecule has 124 valence electrons. The molecule has 2 aromatic heterocycles. The summed E-state index contributed by atoms with van der Waals surface area (Å²) in [5, 5.41) is 4.76. The molecular weight excluding hydrogens is 320 g/mol. The maximum atomic E-state index is 12.6. The zero-order chi connectivity index (χ0) is 16.8. The number of carbonyl (C=O) groups excluding carboxylic acids is 1. The highest BCUT2D eigenvalue weighted by Crippen LogP contribution is 2.28. The van der Waals surface area contributed by atoms with Gasteiger partial charge in [0.25, 0.3) is 5.91 Å². The first kappa shape index (κ1) is 15.4. The van der Waals surface area contributed by atoms with Crippen LogP contribution in [-0.4, -0.2) is 34.4 Å². The zero-order valence-electron chi connectivity index (χ0n) is 14.1. The van der Waals surface area contributed by atoms with Crippen molar-refractivity contribution in [2.45, 2.75) is 26.8 Å². The van der Waals surface area contributed by atoms with E-state index in [2.05, 4.69) is 34.2 Å². The second-order valence-electron chi connectivity index (χ2n) is 6.47. The minimum atomic E-state index is -0.102. The van der Waals surface area contributed by atoms with Crippen molar-refractivity contribution < 1.29 is 4.79 Å². The number of aryl methyl sites for hydroxylation is 2. The third-order valence-corrected chi connectivity index (χ3v) is 5.71. The Kier molecular flexibility index (Phi) is 3.66. The van der Waals surface area contributed by atoms with Gasteiger partial charge in [0.1, 0.15) is 0 Å². The van der Waals surface area contributed by atoms with Gasteiger partial charge in [0.2, 0.25) is 0 Å². The van der Waals surface area contributed by atoms with Crippen LogP contribution in [0.1, 0.15) is 32.2 Å². The van der Waals surface area contributed by atoms with E-state index in [1.807, 2.05) is 25.1 Å². The van der Waals surface area contributed by atoms with E-state index in [0.717, 1.165) is 41.8 Å². The van der Waals surface area contributed by atoms with Gasteiger partial charge in [0.05, 0.1) is 5.69 Å². The van der Waals surface area contributed by atoms with Crippen molar-refractivity contribution >= 4 is 33.3 Å². The first-order valence-electron chi connectivity index (χ1n) is 8.08. The lowest BCUT2D eigenvalue weighted by molar-refractivity contribution is 0.102. The Labute approximate surface area is 144 Å². The van der Waals surface area contributed by atoms with Crippen LogP contribution in [0.15, 0.2) is 18.2 Å². The van der Waals surface area contributed by atoms with Gasteiger partial charge in [-0.25, -0.2) is 4.98 Å². The number of nitrogens with one attached hydrogen (secondary N) is 2. The number of aromatic nitrogens is 2. The molecule has 4 rings (SSSR count). The maximum absolute atomic E-state index is 12.6. The van der Waals surface area contributed by atoms with E-state index in [9.17, 15) is 4.79 Å². The van der Waals surface area contributed by atoms with Crippen LogP contribution in [0.3, 0.4) is 0 Å². The number of likely N-dealkylation sites (N-methyl/N-ethyl adjacent to an activating group) is 1. The van der Waals surface area contributed by atoms with E-state index in [-0.39, 0.29) is 5.91 Å². The smallest absolute Gasteiger partial charge is 0.257 e. The molecule has 1 aliphatic rings. The number of anilines is 1. The van der Waals surface area contributed by atoms with Gasteiger partial charge in [-0.3, -0.25) is 10.1 Å². The molecule has 1 amide bonds. The second-order valence-corrected chi connectivity index (χ2v) is 7.55. The minimum Gasteiger partial charge on any atom is -0.358 e. The average Bonchev–Trinajstić information content (AvgIpc) is 3.07. The molecule has 0 atom stereocenters. The van der Waals surface area contributed by atoms with E-state index in [1.54, 1.807) is 11.3 Å². The summed E-state index contributed by atoms with van der Waals surface area (Å²) in [5.74, 6) is -0.102. The van der Waals surface area contributed by atoms with Gasteiger partial charge in [-0.2, -0.15) is 0 Å². The van der Waals surface area contributed by atoms with Crippen LogP contribution in [0.5, 0.6) is 0 Å². The third kappa shape index (κ3) is 2.61. The summed E-state index contributed by atoms with van der Waals surface area (Å²) < 4.78 is 0. The molecule has 1 aliphatic heterocycles. The molecule has 24 heavy (non-hydrogen) atoms. The summed E-state index contributed by atoms with van der Waals surface area (Å²) in [6, 6.07) is 5.77. The third-order valence-electron chi connectivity index (χ3n) is 4.71. The largest absolute Gasteiger partial charge is 0.358 e. The van der Waals surface area contributed by atoms with Crippen LogP contribution in [-0.2, 0) is 13.0 Å². The standard InChI is InChI=1S/C18H20N4OS/c1-10-11(2)19-14-5-4-12(8-13(10)14)17(23)21-18-20-15-6-7-22(3)9-16(15)24-18/h4-5,8,19H,6-7,9H2,1-3H3,(H,20,21,23). The summed E-state index contributed by atoms with van der Waals surface area (Å²) >= 11 is 1.58. The van der Waals surface area contributed by atoms with E-state index in [4.69, 9.17) is 0 Å². The Morgan fingerprint density at radius 1 is 1.38 bits per heavy atom. The monoisotopic (exact) mass is 340 g/mol. The van der Waals surface area contributed by atoms with Gasteiger partial charge >= 0.3 is 0 Å². The van der Waals surface area contributed by atoms with Gasteiger partial charge in [0.15, 0.2) is 5.13 Å². The summed E-state index contributed by atoms with van der Waals surface area (Å²) in [6.07, 6.45) is 0.950. The summed E-state index contributed by atoms with van der Waals surface area (Å²) in [5.41, 5.74) is 5.18. The van der Waals surface area contributed by atoms with E-state index in [1.165, 1.54) is 10.4 Å². The molecule has 3 heterocycles. The highest BCUT2D eigenvalue weighted by molar-refractivity contribution is 7.15. The van der Waals surface area contributed by atoms with Crippen LogP contribution in [0.4, 0.5) is 5.13 Å². The number of thiazole rings is 1. The number of benzene rings is 1. The summed E-state index contributed by atoms with van der Waals surface area (Å²) in [4.78, 5) is 24.0. The Balaban J connectivity index is 1.59. The molecule has 5 nitrogen and oxygen atoms in total. The summed E-state index contributed by atoms with van der Waals surface area (Å²) in [7, 11) is 2.11. The molecule has 0 bridgehead atoms. The Hall–Kier alpha value is -2.18. The summed E-state index contributed by atoms with van der Waals surface area (Å²) in [6.45, 7) is 6.05. The van der Waals surface area contributed by atoms with Crippen molar-refractivity contribution in [3.8, 4) is 0 Å². The van der Waals surface area contributed by atoms with Crippen molar-refractivity contribution in [2.75, 3.05) is 18.9 Å². The van der Waals surface area contributed by atoms with Crippen molar-refractivity contribution in [3.05, 3.63) is 45.6 Å². The SMILES string of the molecule is Cc1[nH]c2ccc(C(=O)Nc3nc4c(s3)CN(C)CC4)cc2c1C. The molecule has 6 heteroatoms. The quantitative estimate of drug-likeness (QED) is 0.751. The highest BCUT2D eigenvalue weighted by Gasteiger charge is 2.19. The van der Waals surface area contributed by atoms with Crippen LogP contribution >= 0.6 is 11.3 Å². The molecule has 0 aliphatic carbocycles. The van der Waals surface area contributed by atoms with Gasteiger partial charge in [0, 0.05) is 46.5 Å². The van der Waals surface area contributed by atoms with Gasteiger partial charge < -0.3 is 9.88 Å². The maximum Gasteiger partial charge on any atom is 0.257 e. The number of carbonyl (C=O) groups is 1. The molecule has 0 unspecified atom stereocenters. The first-order chi connectivity index (χ1) is 11.5. The molecular formula is C18H20N4OS. The number of nitrogens with zero attached hydrogens (tertiary/aromatic N) is 2. The molecule has 0 fully saturated rings. The fraction of sp³-hybridized carbons (Fsp3) is 0.333. The molecule has 0 saturated carbocycles. The predicted octanol–water partition coefficient (Wildman–Crippen LogP) is 3.48. The minimum absolute atomic E-state index is 0.102. The Bertz CT molecular complexity index is 940. The van der Waals surface area contributed by atoms with E-state index < -0.39 is 0 Å². The topological polar surface area (TPSA) is 61.0 Å². The van der Waals surface area contributed by atoms with Crippen molar-refractivity contribution in [1.82, 2.24) is 14.9 Å². The number of aromatic amines is 1. The molecule has 0 radical (unpaired) electrons. The van der Waals surface area contributed by atoms with Crippen molar-refractivity contribution in [2.24, 2.45) is 0 Å². The first-order valence-corrected chi connectivity index (χ1v) is 8.90. The lowest BCUT2D eigenvalue weighted by Gasteiger charge is -2.20. The predicted molar refractivity (Wildman–Crippen MR) is 97.9 cm³/mol. The number of H-pyrrole nitrogens is 1. The fourth-order valence-corrected chi connectivity index (χ4v) is 4.23. The van der Waals surface area contributed by atoms with Gasteiger partial charge in [-0.1, -0.05) is 0 Å². The zero-order valence-corrected chi connectivity index (χ0v) is 14.9. The Morgan fingerprint density at radius 3 is 3.04 bits per heavy atom. The number of hydrogen-bond donors (Lipinski definition) is 2. The molecule has 2 N–H and O–H groups in total. The van der Waals surface area contributed by atoms with Gasteiger partial charge in [-0.05, 0) is 44.7 Å². The van der Waals surface area contributed by atoms with Gasteiger partial charge in [-0.15, -0.1) is 11.3 Å². The van der Waals surface area contributed by atoms with Crippen LogP contribution in [0, 0.1) is 13.8 Å². The molecule has 0 saturated heterocycles. The fourth-order valence-electron chi connectivity index (χ4n) is 3.15. The van der Waals surface area contributed by atoms with Crippen molar-refractivity contribution in [1.29, 1.82) is 0 Å². The number of fused-ring (bicyclic) bond motifs is 2. The number of amides is 1. The van der Waals surface area contributed by atoms with Crippen molar-refractivity contribution in [3.63, 3.8) is 0 Å². The van der Waals surface area contributed by atoms with E-state index >= 15 is 0 Å². The Morgan fingerprint density at radius 2 is 2.21 bits per heavy atom. The average molecular weight is 340 g/mol. The number of rotatable bonds is 2. The van der Waals surface area contributed by atoms with Crippen LogP contribution in [0.25, 0.3) is 10.9 Å². The highest BCUT2D eigenvalue weighted by atomic mass is 32.1. The lowest BCUT2D eigenvalue weighted by Crippen LogP contribution is -2.25. The molecule has 3 aromatic rings. The normalized spacial score (nSPS) is 14.8. The number of hydrogen-bond acceptors (Lipinski definition) is 4.